The lowest BCUT2D eigenvalue weighted by Gasteiger charge is -2.17. The zero-order valence-corrected chi connectivity index (χ0v) is 12.5. The smallest absolute Gasteiger partial charge is 0.237 e. The molecule has 0 bridgehead atoms. The fourth-order valence-electron chi connectivity index (χ4n) is 1.73. The Morgan fingerprint density at radius 2 is 1.68 bits per heavy atom. The van der Waals surface area contributed by atoms with Gasteiger partial charge in [-0.3, -0.25) is 4.79 Å². The van der Waals surface area contributed by atoms with Gasteiger partial charge in [-0.2, -0.15) is 0 Å². The topological polar surface area (TPSA) is 41.1 Å². The monoisotopic (exact) mass is 262 g/mol. The zero-order valence-electron chi connectivity index (χ0n) is 12.5. The minimum atomic E-state index is -0.167. The lowest BCUT2D eigenvalue weighted by Crippen LogP contribution is -2.45. The summed E-state index contributed by atoms with van der Waals surface area (Å²) in [6, 6.07) is 8.58. The van der Waals surface area contributed by atoms with Crippen molar-refractivity contribution in [2.45, 2.75) is 59.2 Å². The third-order valence-corrected chi connectivity index (χ3v) is 3.44. The van der Waals surface area contributed by atoms with Crippen molar-refractivity contribution in [3.05, 3.63) is 35.4 Å². The number of hydrogen-bond donors (Lipinski definition) is 2. The summed E-state index contributed by atoms with van der Waals surface area (Å²) in [5.74, 6) is 0.0690. The van der Waals surface area contributed by atoms with Gasteiger partial charge in [0.05, 0.1) is 6.04 Å². The lowest BCUT2D eigenvalue weighted by atomic mass is 10.1. The second-order valence-corrected chi connectivity index (χ2v) is 5.09. The van der Waals surface area contributed by atoms with Gasteiger partial charge < -0.3 is 10.6 Å². The third kappa shape index (κ3) is 5.43. The summed E-state index contributed by atoms with van der Waals surface area (Å²) in [5, 5.41) is 6.24. The number of rotatable bonds is 7. The maximum atomic E-state index is 11.9. The fraction of sp³-hybridized carbons (Fsp3) is 0.562. The van der Waals surface area contributed by atoms with Crippen molar-refractivity contribution >= 4 is 5.91 Å². The Morgan fingerprint density at radius 3 is 2.21 bits per heavy atom. The summed E-state index contributed by atoms with van der Waals surface area (Å²) in [6.07, 6.45) is 2.01. The van der Waals surface area contributed by atoms with Gasteiger partial charge in [-0.1, -0.05) is 38.1 Å². The highest BCUT2D eigenvalue weighted by Gasteiger charge is 2.13. The molecule has 0 heterocycles. The number of amides is 1. The highest BCUT2D eigenvalue weighted by molar-refractivity contribution is 5.81. The van der Waals surface area contributed by atoms with E-state index in [1.165, 1.54) is 11.1 Å². The van der Waals surface area contributed by atoms with Crippen LogP contribution in [0.4, 0.5) is 0 Å². The quantitative estimate of drug-likeness (QED) is 0.793. The molecule has 0 saturated carbocycles. The summed E-state index contributed by atoms with van der Waals surface area (Å²) < 4.78 is 0. The van der Waals surface area contributed by atoms with Gasteiger partial charge in [-0.25, -0.2) is 0 Å². The minimum absolute atomic E-state index is 0.0690. The third-order valence-electron chi connectivity index (χ3n) is 3.44. The molecule has 1 aromatic carbocycles. The van der Waals surface area contributed by atoms with Crippen LogP contribution in [-0.4, -0.2) is 18.0 Å². The fourth-order valence-corrected chi connectivity index (χ4v) is 1.73. The second-order valence-electron chi connectivity index (χ2n) is 5.09. The summed E-state index contributed by atoms with van der Waals surface area (Å²) in [6.45, 7) is 8.86. The summed E-state index contributed by atoms with van der Waals surface area (Å²) in [5.41, 5.74) is 2.55. The predicted molar refractivity (Wildman–Crippen MR) is 80.0 cm³/mol. The van der Waals surface area contributed by atoms with Crippen molar-refractivity contribution in [1.29, 1.82) is 0 Å². The molecule has 2 atom stereocenters. The zero-order chi connectivity index (χ0) is 14.3. The summed E-state index contributed by atoms with van der Waals surface area (Å²) in [4.78, 5) is 11.9. The van der Waals surface area contributed by atoms with Crippen LogP contribution in [0.25, 0.3) is 0 Å². The van der Waals surface area contributed by atoms with Crippen LogP contribution in [-0.2, 0) is 17.8 Å². The van der Waals surface area contributed by atoms with Gasteiger partial charge in [-0.15, -0.1) is 0 Å². The molecule has 1 rings (SSSR count). The molecule has 0 aliphatic carbocycles. The lowest BCUT2D eigenvalue weighted by molar-refractivity contribution is -0.123. The molecule has 0 saturated heterocycles. The number of nitrogens with one attached hydrogen (secondary N) is 2. The van der Waals surface area contributed by atoms with Crippen molar-refractivity contribution in [2.75, 3.05) is 0 Å². The maximum absolute atomic E-state index is 11.9. The van der Waals surface area contributed by atoms with E-state index in [0.29, 0.717) is 0 Å². The minimum Gasteiger partial charge on any atom is -0.352 e. The molecule has 19 heavy (non-hydrogen) atoms. The van der Waals surface area contributed by atoms with Gasteiger partial charge in [-0.05, 0) is 37.8 Å². The number of hydrogen-bond acceptors (Lipinski definition) is 2. The molecular weight excluding hydrogens is 236 g/mol. The Hall–Kier alpha value is -1.35. The SMILES string of the molecule is CCc1ccc(CNC(C)C(=O)NC(C)CC)cc1. The first-order valence-corrected chi connectivity index (χ1v) is 7.18. The van der Waals surface area contributed by atoms with Crippen LogP contribution in [0.15, 0.2) is 24.3 Å². The van der Waals surface area contributed by atoms with E-state index in [1.54, 1.807) is 0 Å². The first-order valence-electron chi connectivity index (χ1n) is 7.18. The molecule has 3 nitrogen and oxygen atoms in total. The highest BCUT2D eigenvalue weighted by atomic mass is 16.2. The van der Waals surface area contributed by atoms with Gasteiger partial charge >= 0.3 is 0 Å². The molecular formula is C16H26N2O. The van der Waals surface area contributed by atoms with E-state index < -0.39 is 0 Å². The number of carbonyl (C=O) groups excluding carboxylic acids is 1. The van der Waals surface area contributed by atoms with E-state index in [1.807, 2.05) is 13.8 Å². The van der Waals surface area contributed by atoms with Crippen LogP contribution in [0.3, 0.4) is 0 Å². The van der Waals surface area contributed by atoms with Crippen LogP contribution in [0, 0.1) is 0 Å². The van der Waals surface area contributed by atoms with Crippen molar-refractivity contribution in [1.82, 2.24) is 10.6 Å². The number of carbonyl (C=O) groups is 1. The molecule has 1 aromatic rings. The molecule has 2 N–H and O–H groups in total. The Balaban J connectivity index is 2.40. The molecule has 0 aliphatic rings. The molecule has 0 radical (unpaired) electrons. The van der Waals surface area contributed by atoms with Crippen LogP contribution in [0.5, 0.6) is 0 Å². The summed E-state index contributed by atoms with van der Waals surface area (Å²) >= 11 is 0. The Labute approximate surface area is 116 Å². The van der Waals surface area contributed by atoms with E-state index >= 15 is 0 Å². The van der Waals surface area contributed by atoms with Crippen molar-refractivity contribution < 1.29 is 4.79 Å². The largest absolute Gasteiger partial charge is 0.352 e. The maximum Gasteiger partial charge on any atom is 0.237 e. The van der Waals surface area contributed by atoms with E-state index in [9.17, 15) is 4.79 Å². The van der Waals surface area contributed by atoms with E-state index in [2.05, 4.69) is 48.7 Å². The average Bonchev–Trinajstić information content (AvgIpc) is 2.44. The van der Waals surface area contributed by atoms with Gasteiger partial charge in [0, 0.05) is 12.6 Å². The van der Waals surface area contributed by atoms with Crippen molar-refractivity contribution in [3.63, 3.8) is 0 Å². The molecule has 0 fully saturated rings. The molecule has 0 spiro atoms. The number of benzene rings is 1. The van der Waals surface area contributed by atoms with Gasteiger partial charge in [0.1, 0.15) is 0 Å². The van der Waals surface area contributed by atoms with Gasteiger partial charge in [0.15, 0.2) is 0 Å². The van der Waals surface area contributed by atoms with E-state index in [0.717, 1.165) is 19.4 Å². The van der Waals surface area contributed by atoms with E-state index in [4.69, 9.17) is 0 Å². The Bertz CT molecular complexity index is 386. The van der Waals surface area contributed by atoms with E-state index in [-0.39, 0.29) is 18.0 Å². The molecule has 0 aliphatic heterocycles. The molecule has 3 heteroatoms. The van der Waals surface area contributed by atoms with Crippen molar-refractivity contribution in [2.24, 2.45) is 0 Å². The Morgan fingerprint density at radius 1 is 1.11 bits per heavy atom. The van der Waals surface area contributed by atoms with Gasteiger partial charge in [0.2, 0.25) is 5.91 Å². The van der Waals surface area contributed by atoms with Crippen LogP contribution in [0.1, 0.15) is 45.2 Å². The number of aryl methyl sites for hydroxylation is 1. The molecule has 1 amide bonds. The second kappa shape index (κ2) is 7.95. The van der Waals surface area contributed by atoms with Crippen LogP contribution < -0.4 is 10.6 Å². The summed E-state index contributed by atoms with van der Waals surface area (Å²) in [7, 11) is 0. The van der Waals surface area contributed by atoms with Crippen molar-refractivity contribution in [3.8, 4) is 0 Å². The first kappa shape index (κ1) is 15.7. The molecule has 0 aromatic heterocycles. The standard InChI is InChI=1S/C16H26N2O/c1-5-12(3)18-16(19)13(4)17-11-15-9-7-14(6-2)8-10-15/h7-10,12-13,17H,5-6,11H2,1-4H3,(H,18,19). The average molecular weight is 262 g/mol. The highest BCUT2D eigenvalue weighted by Crippen LogP contribution is 2.05. The van der Waals surface area contributed by atoms with Crippen LogP contribution in [0.2, 0.25) is 0 Å². The molecule has 106 valence electrons. The normalized spacial score (nSPS) is 13.9. The first-order chi connectivity index (χ1) is 9.06. The Kier molecular flexibility index (Phi) is 6.57. The predicted octanol–water partition coefficient (Wildman–Crippen LogP) is 2.64. The van der Waals surface area contributed by atoms with Gasteiger partial charge in [0.25, 0.3) is 0 Å². The molecule has 2 unspecified atom stereocenters. The van der Waals surface area contributed by atoms with Crippen LogP contribution >= 0.6 is 0 Å².